The van der Waals surface area contributed by atoms with Gasteiger partial charge in [-0.25, -0.2) is 4.68 Å². The third kappa shape index (κ3) is 3.03. The van der Waals surface area contributed by atoms with Gasteiger partial charge in [0, 0.05) is 31.1 Å². The second-order valence-corrected chi connectivity index (χ2v) is 5.40. The lowest BCUT2D eigenvalue weighted by molar-refractivity contribution is 0.102. The van der Waals surface area contributed by atoms with E-state index in [-0.39, 0.29) is 5.91 Å². The fraction of sp³-hybridized carbons (Fsp3) is 0.0714. The van der Waals surface area contributed by atoms with E-state index in [9.17, 15) is 4.79 Å². The SMILES string of the molecule is Cn1ccc(NC(=O)c2cccc(-n3cc(Br)cn3)c2)n1. The van der Waals surface area contributed by atoms with Gasteiger partial charge in [0.2, 0.25) is 0 Å². The number of anilines is 1. The van der Waals surface area contributed by atoms with Crippen LogP contribution < -0.4 is 5.32 Å². The number of rotatable bonds is 3. The Morgan fingerprint density at radius 1 is 1.33 bits per heavy atom. The third-order valence-electron chi connectivity index (χ3n) is 2.88. The summed E-state index contributed by atoms with van der Waals surface area (Å²) in [5.41, 5.74) is 1.36. The molecule has 0 spiro atoms. The molecule has 0 saturated carbocycles. The maximum absolute atomic E-state index is 12.2. The first-order valence-electron chi connectivity index (χ1n) is 6.23. The number of aromatic nitrogens is 4. The molecule has 0 aliphatic carbocycles. The molecular formula is C14H12BrN5O. The van der Waals surface area contributed by atoms with Crippen molar-refractivity contribution < 1.29 is 4.79 Å². The van der Waals surface area contributed by atoms with Crippen molar-refractivity contribution in [3.63, 3.8) is 0 Å². The molecule has 2 heterocycles. The molecule has 21 heavy (non-hydrogen) atoms. The summed E-state index contributed by atoms with van der Waals surface area (Å²) in [6, 6.07) is 8.97. The quantitative estimate of drug-likeness (QED) is 0.793. The van der Waals surface area contributed by atoms with Gasteiger partial charge in [-0.2, -0.15) is 10.2 Å². The van der Waals surface area contributed by atoms with Gasteiger partial charge in [-0.3, -0.25) is 9.48 Å². The standard InChI is InChI=1S/C14H12BrN5O/c1-19-6-5-13(18-19)17-14(21)10-3-2-4-12(7-10)20-9-11(15)8-16-20/h2-9H,1H3,(H,17,18,21). The second kappa shape index (κ2) is 5.53. The molecule has 0 unspecified atom stereocenters. The Morgan fingerprint density at radius 2 is 2.19 bits per heavy atom. The van der Waals surface area contributed by atoms with Gasteiger partial charge in [-0.1, -0.05) is 6.07 Å². The summed E-state index contributed by atoms with van der Waals surface area (Å²) in [7, 11) is 1.80. The summed E-state index contributed by atoms with van der Waals surface area (Å²) in [5.74, 6) is 0.316. The molecule has 0 fully saturated rings. The highest BCUT2D eigenvalue weighted by molar-refractivity contribution is 9.10. The van der Waals surface area contributed by atoms with Gasteiger partial charge in [0.25, 0.3) is 5.91 Å². The van der Waals surface area contributed by atoms with Crippen molar-refractivity contribution in [3.8, 4) is 5.69 Å². The van der Waals surface area contributed by atoms with E-state index in [0.29, 0.717) is 11.4 Å². The maximum Gasteiger partial charge on any atom is 0.256 e. The van der Waals surface area contributed by atoms with Crippen LogP contribution in [-0.2, 0) is 7.05 Å². The van der Waals surface area contributed by atoms with Crippen LogP contribution in [0.4, 0.5) is 5.82 Å². The van der Waals surface area contributed by atoms with Crippen LogP contribution in [0.1, 0.15) is 10.4 Å². The lowest BCUT2D eigenvalue weighted by atomic mass is 10.2. The molecule has 0 atom stereocenters. The first-order chi connectivity index (χ1) is 10.1. The van der Waals surface area contributed by atoms with Gasteiger partial charge in [0.1, 0.15) is 0 Å². The van der Waals surface area contributed by atoms with E-state index >= 15 is 0 Å². The number of aryl methyl sites for hydroxylation is 1. The van der Waals surface area contributed by atoms with Gasteiger partial charge in [-0.05, 0) is 34.1 Å². The third-order valence-corrected chi connectivity index (χ3v) is 3.29. The van der Waals surface area contributed by atoms with Crippen LogP contribution in [0.15, 0.2) is 53.4 Å². The zero-order valence-corrected chi connectivity index (χ0v) is 12.8. The van der Waals surface area contributed by atoms with Gasteiger partial charge in [0.05, 0.1) is 16.4 Å². The Kier molecular flexibility index (Phi) is 3.57. The zero-order chi connectivity index (χ0) is 14.8. The van der Waals surface area contributed by atoms with Crippen molar-refractivity contribution in [1.29, 1.82) is 0 Å². The molecule has 3 aromatic rings. The number of nitrogens with zero attached hydrogens (tertiary/aromatic N) is 4. The molecule has 0 radical (unpaired) electrons. The molecule has 3 rings (SSSR count). The van der Waals surface area contributed by atoms with Crippen LogP contribution in [0.5, 0.6) is 0 Å². The van der Waals surface area contributed by atoms with Crippen molar-refractivity contribution in [3.05, 3.63) is 59.0 Å². The van der Waals surface area contributed by atoms with Crippen LogP contribution >= 0.6 is 15.9 Å². The van der Waals surface area contributed by atoms with E-state index in [2.05, 4.69) is 31.4 Å². The molecule has 0 aliphatic rings. The monoisotopic (exact) mass is 345 g/mol. The molecule has 0 aliphatic heterocycles. The van der Waals surface area contributed by atoms with E-state index in [0.717, 1.165) is 10.2 Å². The van der Waals surface area contributed by atoms with Gasteiger partial charge < -0.3 is 5.32 Å². The van der Waals surface area contributed by atoms with Crippen LogP contribution in [0.25, 0.3) is 5.69 Å². The van der Waals surface area contributed by atoms with Gasteiger partial charge in [-0.15, -0.1) is 0 Å². The van der Waals surface area contributed by atoms with E-state index < -0.39 is 0 Å². The smallest absolute Gasteiger partial charge is 0.256 e. The van der Waals surface area contributed by atoms with E-state index in [1.54, 1.807) is 47.0 Å². The Labute approximate surface area is 129 Å². The highest BCUT2D eigenvalue weighted by Crippen LogP contribution is 2.15. The Hall–Kier alpha value is -2.41. The highest BCUT2D eigenvalue weighted by atomic mass is 79.9. The molecule has 6 nitrogen and oxygen atoms in total. The lowest BCUT2D eigenvalue weighted by Gasteiger charge is -2.05. The molecular weight excluding hydrogens is 334 g/mol. The van der Waals surface area contributed by atoms with Crippen LogP contribution in [0.2, 0.25) is 0 Å². The van der Waals surface area contributed by atoms with Crippen LogP contribution in [-0.4, -0.2) is 25.5 Å². The predicted octanol–water partition coefficient (Wildman–Crippen LogP) is 2.62. The molecule has 7 heteroatoms. The molecule has 0 bridgehead atoms. The predicted molar refractivity (Wildman–Crippen MR) is 82.4 cm³/mol. The highest BCUT2D eigenvalue weighted by Gasteiger charge is 2.09. The summed E-state index contributed by atoms with van der Waals surface area (Å²) in [5, 5.41) is 11.1. The zero-order valence-electron chi connectivity index (χ0n) is 11.2. The van der Waals surface area contributed by atoms with Crippen molar-refractivity contribution >= 4 is 27.7 Å². The number of benzene rings is 1. The topological polar surface area (TPSA) is 64.7 Å². The summed E-state index contributed by atoms with van der Waals surface area (Å²) in [6.45, 7) is 0. The van der Waals surface area contributed by atoms with Gasteiger partial charge >= 0.3 is 0 Å². The minimum atomic E-state index is -0.207. The molecule has 1 amide bonds. The summed E-state index contributed by atoms with van der Waals surface area (Å²) in [6.07, 6.45) is 5.30. The van der Waals surface area contributed by atoms with E-state index in [1.165, 1.54) is 0 Å². The molecule has 2 aromatic heterocycles. The van der Waals surface area contributed by atoms with E-state index in [1.807, 2.05) is 18.3 Å². The number of carbonyl (C=O) groups is 1. The number of amides is 1. The van der Waals surface area contributed by atoms with Crippen molar-refractivity contribution in [2.24, 2.45) is 7.05 Å². The number of carbonyl (C=O) groups excluding carboxylic acids is 1. The fourth-order valence-electron chi connectivity index (χ4n) is 1.90. The summed E-state index contributed by atoms with van der Waals surface area (Å²) in [4.78, 5) is 12.2. The number of hydrogen-bond donors (Lipinski definition) is 1. The van der Waals surface area contributed by atoms with Crippen LogP contribution in [0, 0.1) is 0 Å². The first kappa shape index (κ1) is 13.6. The number of hydrogen-bond acceptors (Lipinski definition) is 3. The van der Waals surface area contributed by atoms with Crippen LogP contribution in [0.3, 0.4) is 0 Å². The van der Waals surface area contributed by atoms with Gasteiger partial charge in [0.15, 0.2) is 5.82 Å². The van der Waals surface area contributed by atoms with Crippen molar-refractivity contribution in [2.75, 3.05) is 5.32 Å². The first-order valence-corrected chi connectivity index (χ1v) is 7.03. The minimum absolute atomic E-state index is 0.207. The second-order valence-electron chi connectivity index (χ2n) is 4.48. The number of halogens is 1. The summed E-state index contributed by atoms with van der Waals surface area (Å²) < 4.78 is 4.21. The normalized spacial score (nSPS) is 10.6. The Bertz CT molecular complexity index is 792. The van der Waals surface area contributed by atoms with E-state index in [4.69, 9.17) is 0 Å². The fourth-order valence-corrected chi connectivity index (χ4v) is 2.19. The Morgan fingerprint density at radius 3 is 2.86 bits per heavy atom. The average molecular weight is 346 g/mol. The Balaban J connectivity index is 1.84. The average Bonchev–Trinajstić information content (AvgIpc) is 3.08. The molecule has 0 saturated heterocycles. The van der Waals surface area contributed by atoms with Crippen molar-refractivity contribution in [1.82, 2.24) is 19.6 Å². The molecule has 106 valence electrons. The molecule has 1 N–H and O–H groups in total. The number of nitrogens with one attached hydrogen (secondary N) is 1. The lowest BCUT2D eigenvalue weighted by Crippen LogP contribution is -2.13. The van der Waals surface area contributed by atoms with Crippen molar-refractivity contribution in [2.45, 2.75) is 0 Å². The maximum atomic E-state index is 12.2. The minimum Gasteiger partial charge on any atom is -0.305 e. The largest absolute Gasteiger partial charge is 0.305 e. The summed E-state index contributed by atoms with van der Waals surface area (Å²) >= 11 is 3.35. The molecule has 1 aromatic carbocycles.